The molecule has 0 bridgehead atoms. The Morgan fingerprint density at radius 3 is 2.62 bits per heavy atom. The van der Waals surface area contributed by atoms with E-state index in [2.05, 4.69) is 10.3 Å². The van der Waals surface area contributed by atoms with Crippen molar-refractivity contribution in [3.63, 3.8) is 0 Å². The molecule has 1 heterocycles. The first kappa shape index (κ1) is 12.9. The Labute approximate surface area is 120 Å². The van der Waals surface area contributed by atoms with Crippen molar-refractivity contribution < 1.29 is 14.7 Å². The molecule has 1 amide bonds. The van der Waals surface area contributed by atoms with E-state index >= 15 is 0 Å². The number of hydrogen-bond acceptors (Lipinski definition) is 3. The first-order valence-corrected chi connectivity index (χ1v) is 6.35. The third-order valence-corrected chi connectivity index (χ3v) is 3.23. The number of aromatic nitrogens is 1. The molecule has 0 fully saturated rings. The quantitative estimate of drug-likeness (QED) is 0.645. The number of aromatic hydroxyl groups is 1. The van der Waals surface area contributed by atoms with Crippen LogP contribution in [0, 0.1) is 0 Å². The van der Waals surface area contributed by atoms with Crippen LogP contribution >= 0.6 is 0 Å². The van der Waals surface area contributed by atoms with Crippen LogP contribution in [0.1, 0.15) is 20.7 Å². The van der Waals surface area contributed by atoms with Gasteiger partial charge in [0.25, 0.3) is 5.91 Å². The Hall–Kier alpha value is -3.08. The van der Waals surface area contributed by atoms with Crippen molar-refractivity contribution in [3.05, 3.63) is 59.7 Å². The number of para-hydroxylation sites is 1. The molecular weight excluding hydrogens is 268 g/mol. The second-order valence-electron chi connectivity index (χ2n) is 4.59. The van der Waals surface area contributed by atoms with Crippen LogP contribution in [0.2, 0.25) is 0 Å². The SMILES string of the molecule is O=Cc1c(O)[nH]c2cc(C(=O)Nc3ccccc3)ccc12. The molecule has 104 valence electrons. The van der Waals surface area contributed by atoms with Crippen molar-refractivity contribution in [1.29, 1.82) is 0 Å². The first-order valence-electron chi connectivity index (χ1n) is 6.35. The summed E-state index contributed by atoms with van der Waals surface area (Å²) in [5.41, 5.74) is 1.87. The van der Waals surface area contributed by atoms with Crippen LogP contribution in [-0.4, -0.2) is 22.3 Å². The fraction of sp³-hybridized carbons (Fsp3) is 0. The minimum atomic E-state index is -0.259. The van der Waals surface area contributed by atoms with Crippen LogP contribution in [0.5, 0.6) is 5.88 Å². The maximum atomic E-state index is 12.2. The number of aromatic amines is 1. The Kier molecular flexibility index (Phi) is 3.16. The molecule has 0 aliphatic heterocycles. The predicted octanol–water partition coefficient (Wildman–Crippen LogP) is 2.94. The molecule has 3 aromatic rings. The molecule has 5 heteroatoms. The monoisotopic (exact) mass is 280 g/mol. The fourth-order valence-electron chi connectivity index (χ4n) is 2.19. The zero-order chi connectivity index (χ0) is 14.8. The van der Waals surface area contributed by atoms with E-state index in [1.807, 2.05) is 18.2 Å². The van der Waals surface area contributed by atoms with Crippen molar-refractivity contribution in [1.82, 2.24) is 4.98 Å². The van der Waals surface area contributed by atoms with E-state index in [-0.39, 0.29) is 17.4 Å². The van der Waals surface area contributed by atoms with E-state index in [0.29, 0.717) is 28.4 Å². The number of fused-ring (bicyclic) bond motifs is 1. The van der Waals surface area contributed by atoms with Gasteiger partial charge in [-0.25, -0.2) is 0 Å². The third kappa shape index (κ3) is 2.36. The molecular formula is C16H12N2O3. The molecule has 0 radical (unpaired) electrons. The van der Waals surface area contributed by atoms with Crippen LogP contribution < -0.4 is 5.32 Å². The van der Waals surface area contributed by atoms with Gasteiger partial charge in [-0.05, 0) is 24.3 Å². The van der Waals surface area contributed by atoms with Gasteiger partial charge in [0.2, 0.25) is 0 Å². The number of carbonyl (C=O) groups is 2. The molecule has 0 saturated heterocycles. The predicted molar refractivity (Wildman–Crippen MR) is 79.7 cm³/mol. The Bertz CT molecular complexity index is 822. The van der Waals surface area contributed by atoms with Gasteiger partial charge in [-0.2, -0.15) is 0 Å². The highest BCUT2D eigenvalue weighted by molar-refractivity contribution is 6.08. The smallest absolute Gasteiger partial charge is 0.255 e. The number of rotatable bonds is 3. The summed E-state index contributed by atoms with van der Waals surface area (Å²) < 4.78 is 0. The van der Waals surface area contributed by atoms with Gasteiger partial charge in [-0.1, -0.05) is 24.3 Å². The van der Waals surface area contributed by atoms with Crippen molar-refractivity contribution in [2.45, 2.75) is 0 Å². The number of anilines is 1. The molecule has 0 saturated carbocycles. The molecule has 2 aromatic carbocycles. The number of benzene rings is 2. The van der Waals surface area contributed by atoms with E-state index in [0.717, 1.165) is 0 Å². The lowest BCUT2D eigenvalue weighted by atomic mass is 10.1. The molecule has 0 aliphatic carbocycles. The molecule has 0 unspecified atom stereocenters. The molecule has 1 aromatic heterocycles. The van der Waals surface area contributed by atoms with Crippen LogP contribution in [0.25, 0.3) is 10.9 Å². The highest BCUT2D eigenvalue weighted by atomic mass is 16.3. The van der Waals surface area contributed by atoms with Crippen LogP contribution in [0.15, 0.2) is 48.5 Å². The van der Waals surface area contributed by atoms with Crippen molar-refractivity contribution >= 4 is 28.8 Å². The highest BCUT2D eigenvalue weighted by Crippen LogP contribution is 2.26. The average Bonchev–Trinajstić information content (AvgIpc) is 2.82. The van der Waals surface area contributed by atoms with Gasteiger partial charge in [0, 0.05) is 22.2 Å². The normalized spacial score (nSPS) is 10.5. The minimum Gasteiger partial charge on any atom is -0.494 e. The van der Waals surface area contributed by atoms with Crippen molar-refractivity contribution in [3.8, 4) is 5.88 Å². The topological polar surface area (TPSA) is 82.2 Å². The second-order valence-corrected chi connectivity index (χ2v) is 4.59. The summed E-state index contributed by atoms with van der Waals surface area (Å²) in [6.07, 6.45) is 0.581. The zero-order valence-electron chi connectivity index (χ0n) is 11.0. The standard InChI is InChI=1S/C16H12N2O3/c19-9-13-12-7-6-10(8-14(12)18-16(13)21)15(20)17-11-4-2-1-3-5-11/h1-9,18,21H,(H,17,20). The second kappa shape index (κ2) is 5.13. The fourth-order valence-corrected chi connectivity index (χ4v) is 2.19. The van der Waals surface area contributed by atoms with Gasteiger partial charge in [0.1, 0.15) is 0 Å². The van der Waals surface area contributed by atoms with Gasteiger partial charge in [0.05, 0.1) is 5.56 Å². The number of aldehydes is 1. The summed E-state index contributed by atoms with van der Waals surface area (Å²) in [7, 11) is 0. The summed E-state index contributed by atoms with van der Waals surface area (Å²) in [6.45, 7) is 0. The third-order valence-electron chi connectivity index (χ3n) is 3.23. The zero-order valence-corrected chi connectivity index (χ0v) is 11.0. The van der Waals surface area contributed by atoms with Gasteiger partial charge >= 0.3 is 0 Å². The average molecular weight is 280 g/mol. The summed E-state index contributed by atoms with van der Waals surface area (Å²) in [5, 5.41) is 13.0. The van der Waals surface area contributed by atoms with E-state index in [1.165, 1.54) is 0 Å². The molecule has 0 aliphatic rings. The number of hydrogen-bond donors (Lipinski definition) is 3. The number of H-pyrrole nitrogens is 1. The lowest BCUT2D eigenvalue weighted by Gasteiger charge is -2.05. The van der Waals surface area contributed by atoms with Crippen molar-refractivity contribution in [2.24, 2.45) is 0 Å². The number of amides is 1. The van der Waals surface area contributed by atoms with Crippen molar-refractivity contribution in [2.75, 3.05) is 5.32 Å². The van der Waals surface area contributed by atoms with Crippen LogP contribution in [0.4, 0.5) is 5.69 Å². The van der Waals surface area contributed by atoms with Gasteiger partial charge in [0.15, 0.2) is 12.2 Å². The summed E-state index contributed by atoms with van der Waals surface area (Å²) >= 11 is 0. The largest absolute Gasteiger partial charge is 0.494 e. The van der Waals surface area contributed by atoms with Crippen LogP contribution in [-0.2, 0) is 0 Å². The van der Waals surface area contributed by atoms with Crippen LogP contribution in [0.3, 0.4) is 0 Å². The van der Waals surface area contributed by atoms with Gasteiger partial charge in [-0.3, -0.25) is 9.59 Å². The Morgan fingerprint density at radius 2 is 1.90 bits per heavy atom. The molecule has 3 N–H and O–H groups in total. The first-order chi connectivity index (χ1) is 10.2. The van der Waals surface area contributed by atoms with E-state index in [1.54, 1.807) is 30.3 Å². The van der Waals surface area contributed by atoms with Gasteiger partial charge < -0.3 is 15.4 Å². The maximum absolute atomic E-state index is 12.2. The summed E-state index contributed by atoms with van der Waals surface area (Å²) in [4.78, 5) is 25.7. The van der Waals surface area contributed by atoms with E-state index < -0.39 is 0 Å². The Morgan fingerprint density at radius 1 is 1.14 bits per heavy atom. The molecule has 0 atom stereocenters. The lowest BCUT2D eigenvalue weighted by Crippen LogP contribution is -2.11. The van der Waals surface area contributed by atoms with E-state index in [4.69, 9.17) is 0 Å². The maximum Gasteiger partial charge on any atom is 0.255 e. The number of nitrogens with one attached hydrogen (secondary N) is 2. The molecule has 5 nitrogen and oxygen atoms in total. The molecule has 0 spiro atoms. The Balaban J connectivity index is 1.94. The summed E-state index contributed by atoms with van der Waals surface area (Å²) in [6, 6.07) is 14.0. The van der Waals surface area contributed by atoms with Gasteiger partial charge in [-0.15, -0.1) is 0 Å². The summed E-state index contributed by atoms with van der Waals surface area (Å²) in [5.74, 6) is -0.453. The lowest BCUT2D eigenvalue weighted by molar-refractivity contribution is 0.102. The number of carbonyl (C=O) groups excluding carboxylic acids is 2. The van der Waals surface area contributed by atoms with E-state index in [9.17, 15) is 14.7 Å². The molecule has 3 rings (SSSR count). The molecule has 21 heavy (non-hydrogen) atoms. The highest BCUT2D eigenvalue weighted by Gasteiger charge is 2.13. The minimum absolute atomic E-state index is 0.194.